The Morgan fingerprint density at radius 2 is 0.464 bits per heavy atom. The van der Waals surface area contributed by atoms with Gasteiger partial charge in [-0.2, -0.15) is 0 Å². The Labute approximate surface area is 828 Å². The first-order valence-corrected chi connectivity index (χ1v) is 51.9. The third kappa shape index (κ3) is 49.7. The quantitative estimate of drug-likeness (QED) is 0.0258. The van der Waals surface area contributed by atoms with Crippen LogP contribution in [0.1, 0.15) is 270 Å². The van der Waals surface area contributed by atoms with Crippen molar-refractivity contribution < 1.29 is 57.5 Å². The molecule has 0 radical (unpaired) electrons. The van der Waals surface area contributed by atoms with Gasteiger partial charge in [0, 0.05) is 115 Å². The molecule has 0 aliphatic heterocycles. The lowest BCUT2D eigenvalue weighted by Gasteiger charge is -2.32. The van der Waals surface area contributed by atoms with E-state index in [9.17, 15) is 24.0 Å². The van der Waals surface area contributed by atoms with Gasteiger partial charge in [-0.05, 0) is 221 Å². The highest BCUT2D eigenvalue weighted by Crippen LogP contribution is 2.32. The molecule has 758 valence electrons. The molecule has 6 atom stereocenters. The molecule has 22 nitrogen and oxygen atoms in total. The van der Waals surface area contributed by atoms with Gasteiger partial charge >= 0.3 is 0 Å². The zero-order valence-electron chi connectivity index (χ0n) is 85.8. The van der Waals surface area contributed by atoms with Crippen molar-refractivity contribution in [3.63, 3.8) is 0 Å². The van der Waals surface area contributed by atoms with Crippen molar-refractivity contribution in [1.29, 1.82) is 0 Å². The van der Waals surface area contributed by atoms with E-state index in [0.29, 0.717) is 142 Å². The van der Waals surface area contributed by atoms with Crippen molar-refractivity contribution in [2.24, 2.45) is 81.1 Å². The number of hydrogen-bond acceptors (Lipinski definition) is 16. The number of carbonyl (C=O) groups is 12. The number of benzene rings is 6. The van der Waals surface area contributed by atoms with Crippen LogP contribution in [0, 0.1) is 58.2 Å². The second-order valence-corrected chi connectivity index (χ2v) is 42.3. The summed E-state index contributed by atoms with van der Waals surface area (Å²) in [6.07, 6.45) is 13.1. The van der Waals surface area contributed by atoms with Crippen LogP contribution in [-0.2, 0) is 96.1 Å². The number of Topliss-reactive ketones (excluding diaryl/α,β-unsaturated/α-hetero) is 6. The van der Waals surface area contributed by atoms with Crippen LogP contribution in [0.15, 0.2) is 182 Å². The predicted octanol–water partition coefficient (Wildman–Crippen LogP) is 17.9. The molecule has 0 aliphatic rings. The van der Waals surface area contributed by atoms with E-state index in [1.165, 1.54) is 0 Å². The minimum Gasteiger partial charge on any atom is -0.335 e. The number of nitrogens with zero attached hydrogens (tertiary/aromatic N) is 6. The molecule has 0 saturated heterocycles. The molecular formula is C116H172N10O12. The van der Waals surface area contributed by atoms with Gasteiger partial charge in [0.05, 0.1) is 39.3 Å². The number of rotatable bonds is 73. The summed E-state index contributed by atoms with van der Waals surface area (Å²) in [5.41, 5.74) is 29.4. The van der Waals surface area contributed by atoms with E-state index in [2.05, 4.69) is 20.8 Å². The molecule has 0 unspecified atom stereocenters. The molecule has 6 amide bonds. The SMILES string of the molecule is CC(C)CCC(=O)N(CC(=O)C[C@@H](CCCCN)CN(CC(=O)C[C@@H](CCCCN)CN(CC(=O)C[C@@H](Cc1ccccc1)CN(CC(=O)C[C@@H](CCCCN)CN(CC(=O)C(C)(C)C)C(=O)CCc1ccccc1)C(=O)CCC(C)C)C(=O)CCc1ccccc1)C(=O)CCc1ccccc1)C[C@@H](CC(=O)CN(C[C@H](CCCCN)CC(C)(C)C)C(=O)CCc1ccccc1)Cc1ccccc1. The topological polar surface area (TPSA) is 328 Å². The van der Waals surface area contributed by atoms with Gasteiger partial charge < -0.3 is 52.3 Å². The minimum absolute atomic E-state index is 0.0203. The zero-order chi connectivity index (χ0) is 101. The number of hydrogen-bond donors (Lipinski definition) is 4. The van der Waals surface area contributed by atoms with Crippen LogP contribution >= 0.6 is 0 Å². The van der Waals surface area contributed by atoms with E-state index in [1.807, 2.05) is 230 Å². The van der Waals surface area contributed by atoms with Crippen LogP contribution < -0.4 is 22.9 Å². The lowest BCUT2D eigenvalue weighted by molar-refractivity contribution is -0.139. The van der Waals surface area contributed by atoms with E-state index in [0.717, 1.165) is 59.1 Å². The zero-order valence-corrected chi connectivity index (χ0v) is 85.8. The third-order valence-electron chi connectivity index (χ3n) is 26.2. The highest BCUT2D eigenvalue weighted by atomic mass is 16.2. The maximum Gasteiger partial charge on any atom is 0.223 e. The van der Waals surface area contributed by atoms with E-state index in [1.54, 1.807) is 29.4 Å². The molecule has 8 N–H and O–H groups in total. The minimum atomic E-state index is -0.736. The first-order chi connectivity index (χ1) is 66.1. The molecule has 0 fully saturated rings. The number of carbonyl (C=O) groups excluding carboxylic acids is 12. The van der Waals surface area contributed by atoms with E-state index >= 15 is 33.6 Å². The van der Waals surface area contributed by atoms with Crippen molar-refractivity contribution in [2.45, 2.75) is 275 Å². The number of unbranched alkanes of at least 4 members (excludes halogenated alkanes) is 4. The average Bonchev–Trinajstić information content (AvgIpc) is 0.859. The molecule has 0 aromatic heterocycles. The number of amides is 6. The van der Waals surface area contributed by atoms with Crippen LogP contribution in [0.5, 0.6) is 0 Å². The lowest BCUT2D eigenvalue weighted by Crippen LogP contribution is -2.44. The highest BCUT2D eigenvalue weighted by Gasteiger charge is 2.35. The summed E-state index contributed by atoms with van der Waals surface area (Å²) in [5, 5.41) is 0. The first kappa shape index (κ1) is 117. The Kier molecular flexibility index (Phi) is 55.0. The molecule has 22 heteroatoms. The van der Waals surface area contributed by atoms with Gasteiger partial charge in [0.1, 0.15) is 0 Å². The molecule has 138 heavy (non-hydrogen) atoms. The van der Waals surface area contributed by atoms with Gasteiger partial charge in [-0.3, -0.25) is 57.5 Å². The molecule has 0 bridgehead atoms. The summed E-state index contributed by atoms with van der Waals surface area (Å²) in [7, 11) is 0. The fourth-order valence-electron chi connectivity index (χ4n) is 18.7. The molecule has 6 aromatic rings. The van der Waals surface area contributed by atoms with Crippen LogP contribution in [0.4, 0.5) is 0 Å². The van der Waals surface area contributed by atoms with Gasteiger partial charge in [0.25, 0.3) is 0 Å². The van der Waals surface area contributed by atoms with E-state index < -0.39 is 29.1 Å². The normalized spacial score (nSPS) is 13.0. The Balaban J connectivity index is 1.32. The number of nitrogens with two attached hydrogens (primary N) is 4. The molecule has 6 aromatic carbocycles. The Morgan fingerprint density at radius 1 is 0.254 bits per heavy atom. The van der Waals surface area contributed by atoms with Gasteiger partial charge in [-0.1, -0.05) is 277 Å². The molecule has 6 rings (SSSR count). The van der Waals surface area contributed by atoms with Crippen molar-refractivity contribution in [3.05, 3.63) is 215 Å². The second-order valence-electron chi connectivity index (χ2n) is 42.3. The first-order valence-electron chi connectivity index (χ1n) is 51.9. The molecule has 0 spiro atoms. The van der Waals surface area contributed by atoms with Crippen molar-refractivity contribution in [3.8, 4) is 0 Å². The molecule has 0 aliphatic carbocycles. The Morgan fingerprint density at radius 3 is 0.696 bits per heavy atom. The van der Waals surface area contributed by atoms with Crippen molar-refractivity contribution >= 4 is 70.1 Å². The van der Waals surface area contributed by atoms with Gasteiger partial charge in [-0.25, -0.2) is 0 Å². The fourth-order valence-corrected chi connectivity index (χ4v) is 18.7. The number of ketones is 6. The summed E-state index contributed by atoms with van der Waals surface area (Å²) in [6.45, 7) is 21.4. The van der Waals surface area contributed by atoms with E-state index in [4.69, 9.17) is 22.9 Å². The summed E-state index contributed by atoms with van der Waals surface area (Å²) < 4.78 is 0. The number of aryl methyl sites for hydroxylation is 4. The molecule has 0 saturated carbocycles. The summed E-state index contributed by atoms with van der Waals surface area (Å²) in [5.74, 6) is -4.45. The Bertz CT molecular complexity index is 4540. The van der Waals surface area contributed by atoms with Gasteiger partial charge in [0.15, 0.2) is 34.7 Å². The van der Waals surface area contributed by atoms with Crippen LogP contribution in [0.25, 0.3) is 0 Å². The van der Waals surface area contributed by atoms with Crippen LogP contribution in [-0.4, -0.2) is 204 Å². The highest BCUT2D eigenvalue weighted by molar-refractivity contribution is 5.92. The monoisotopic (exact) mass is 1900 g/mol. The maximum absolute atomic E-state index is 15.5. The van der Waals surface area contributed by atoms with Crippen molar-refractivity contribution in [2.75, 3.05) is 105 Å². The van der Waals surface area contributed by atoms with Crippen LogP contribution in [0.3, 0.4) is 0 Å². The Hall–Kier alpha value is -10.0. The average molecular weight is 1900 g/mol. The van der Waals surface area contributed by atoms with E-state index in [-0.39, 0.29) is 242 Å². The third-order valence-corrected chi connectivity index (χ3v) is 26.2. The predicted molar refractivity (Wildman–Crippen MR) is 556 cm³/mol. The fraction of sp³-hybridized carbons (Fsp3) is 0.586. The van der Waals surface area contributed by atoms with Gasteiger partial charge in [0.2, 0.25) is 35.4 Å². The van der Waals surface area contributed by atoms with Crippen LogP contribution in [0.2, 0.25) is 0 Å². The summed E-state index contributed by atoms with van der Waals surface area (Å²) >= 11 is 0. The van der Waals surface area contributed by atoms with Gasteiger partial charge in [-0.15, -0.1) is 0 Å². The molecular weight excluding hydrogens is 1730 g/mol. The smallest absolute Gasteiger partial charge is 0.223 e. The standard InChI is InChI=1S/C116H172N10O12/c1-89(2)53-59-109(133)124(82-102(70-96-47-27-16-28-48-96)75-107(131)87-123(113(137)63-57-93-41-21-13-22-42-93)80-100(52-32-36-68-120)76-115(5,6)7)84-104(128)72-98(50-30-34-66-118)77-121(111(135)61-55-91-37-17-11-18-38-91)83-103(127)71-97(49-29-33-65-117)78-122(112(136)62-56-92-39-19-12-20-40-92)86-106(130)74-101(69-95-45-25-15-26-46-95)81-125(110(134)60-54-90(3)4)85-105(129)73-99(51-31-35-67-119)79-126(88-108(132)116(8,9)10)114(138)64-58-94-43-23-14-24-44-94/h11-28,37-48,89-90,97-102H,29-36,49-88,117-120H2,1-10H3/t97-,98-,99-,100-,101-,102-/m1/s1. The van der Waals surface area contributed by atoms with Crippen molar-refractivity contribution in [1.82, 2.24) is 29.4 Å². The lowest BCUT2D eigenvalue weighted by atomic mass is 9.82. The molecule has 0 heterocycles. The largest absolute Gasteiger partial charge is 0.335 e. The maximum atomic E-state index is 15.5. The summed E-state index contributed by atoms with van der Waals surface area (Å²) in [6, 6.07) is 58.3. The summed E-state index contributed by atoms with van der Waals surface area (Å²) in [4.78, 5) is 189. The second kappa shape index (κ2) is 65.1.